The zero-order chi connectivity index (χ0) is 22.1. The molecule has 0 saturated heterocycles. The van der Waals surface area contributed by atoms with Gasteiger partial charge in [0.1, 0.15) is 11.6 Å². The lowest BCUT2D eigenvalue weighted by molar-refractivity contribution is -0.142. The number of carbonyl (C=O) groups excluding carboxylic acids is 2. The van der Waals surface area contributed by atoms with Gasteiger partial charge in [-0.05, 0) is 27.2 Å². The molecule has 0 aliphatic rings. The maximum atomic E-state index is 12.0. The van der Waals surface area contributed by atoms with Gasteiger partial charge in [-0.3, -0.25) is 0 Å². The summed E-state index contributed by atoms with van der Waals surface area (Å²) in [6, 6.07) is -0.735. The Morgan fingerprint density at radius 1 is 1.07 bits per heavy atom. The number of esters is 1. The molecule has 0 rings (SSSR count). The summed E-state index contributed by atoms with van der Waals surface area (Å²) in [5, 5.41) is 2.93. The molecule has 0 aromatic carbocycles. The van der Waals surface area contributed by atoms with Crippen LogP contribution >= 0.6 is 21.6 Å². The first-order valence-electron chi connectivity index (χ1n) is 10.7. The minimum Gasteiger partial charge on any atom is -0.467 e. The zero-order valence-corrected chi connectivity index (χ0v) is 20.6. The van der Waals surface area contributed by atoms with Gasteiger partial charge in [-0.2, -0.15) is 0 Å². The molecular weight excluding hydrogens is 406 g/mol. The minimum absolute atomic E-state index is 0.333. The van der Waals surface area contributed by atoms with E-state index in [1.165, 1.54) is 58.5 Å². The van der Waals surface area contributed by atoms with Crippen LogP contribution < -0.4 is 5.32 Å². The van der Waals surface area contributed by atoms with E-state index in [1.54, 1.807) is 42.4 Å². The van der Waals surface area contributed by atoms with Gasteiger partial charge in [-0.1, -0.05) is 86.0 Å². The first kappa shape index (κ1) is 28.2. The van der Waals surface area contributed by atoms with Crippen molar-refractivity contribution in [3.8, 4) is 0 Å². The summed E-state index contributed by atoms with van der Waals surface area (Å²) in [6.45, 7) is 11.5. The topological polar surface area (TPSA) is 64.6 Å². The lowest BCUT2D eigenvalue weighted by Gasteiger charge is -2.22. The van der Waals surface area contributed by atoms with Crippen LogP contribution in [0.5, 0.6) is 0 Å². The van der Waals surface area contributed by atoms with Crippen molar-refractivity contribution < 1.29 is 19.1 Å². The molecule has 29 heavy (non-hydrogen) atoms. The second-order valence-electron chi connectivity index (χ2n) is 8.14. The Labute approximate surface area is 185 Å². The molecule has 0 bridgehead atoms. The third-order valence-electron chi connectivity index (χ3n) is 4.21. The Bertz CT molecular complexity index is 466. The van der Waals surface area contributed by atoms with Crippen LogP contribution in [-0.4, -0.2) is 41.8 Å². The summed E-state index contributed by atoms with van der Waals surface area (Å²) in [7, 11) is 4.56. The number of hydrogen-bond donors (Lipinski definition) is 1. The van der Waals surface area contributed by atoms with E-state index in [1.807, 2.05) is 6.08 Å². The summed E-state index contributed by atoms with van der Waals surface area (Å²) >= 11 is 0. The number of hydrogen-bond acceptors (Lipinski definition) is 6. The van der Waals surface area contributed by atoms with Gasteiger partial charge in [0.25, 0.3) is 0 Å². The summed E-state index contributed by atoms with van der Waals surface area (Å²) < 4.78 is 10.0. The highest BCUT2D eigenvalue weighted by Gasteiger charge is 2.25. The number of unbranched alkanes of at least 4 members (excludes halogenated alkanes) is 7. The molecule has 0 aromatic rings. The van der Waals surface area contributed by atoms with E-state index >= 15 is 0 Å². The molecule has 170 valence electrons. The van der Waals surface area contributed by atoms with Gasteiger partial charge in [0.05, 0.1) is 7.11 Å². The van der Waals surface area contributed by atoms with Gasteiger partial charge in [-0.25, -0.2) is 9.59 Å². The standard InChI is InChI=1S/C22H41NO4S2/c1-7-9-10-11-12-13-14-15-16-18(8-2)29-28-17-19(20(24)26-6)23-21(25)27-22(3,4)5/h8,18-19H,2,7,9-17H2,1,3-6H3,(H,23,25)/t18?,19-/m0/s1. The molecule has 0 fully saturated rings. The predicted molar refractivity (Wildman–Crippen MR) is 126 cm³/mol. The van der Waals surface area contributed by atoms with Gasteiger partial charge in [-0.15, -0.1) is 6.58 Å². The monoisotopic (exact) mass is 447 g/mol. The van der Waals surface area contributed by atoms with Crippen molar-refractivity contribution in [2.45, 2.75) is 102 Å². The maximum absolute atomic E-state index is 12.0. The van der Waals surface area contributed by atoms with Crippen LogP contribution in [0.25, 0.3) is 0 Å². The summed E-state index contributed by atoms with van der Waals surface area (Å²) in [5.74, 6) is -0.0552. The number of alkyl carbamates (subject to hydrolysis) is 1. The Hall–Kier alpha value is -0.820. The summed E-state index contributed by atoms with van der Waals surface area (Å²) in [6.07, 6.45) is 12.9. The van der Waals surface area contributed by atoms with Crippen LogP contribution in [0.3, 0.4) is 0 Å². The Balaban J connectivity index is 4.16. The third kappa shape index (κ3) is 16.6. The molecule has 1 N–H and O–H groups in total. The van der Waals surface area contributed by atoms with Crippen LogP contribution in [-0.2, 0) is 14.3 Å². The molecule has 5 nitrogen and oxygen atoms in total. The number of amides is 1. The fourth-order valence-electron chi connectivity index (χ4n) is 2.64. The van der Waals surface area contributed by atoms with E-state index in [-0.39, 0.29) is 0 Å². The van der Waals surface area contributed by atoms with Gasteiger partial charge in [0.15, 0.2) is 0 Å². The largest absolute Gasteiger partial charge is 0.467 e. The molecule has 0 spiro atoms. The van der Waals surface area contributed by atoms with Crippen molar-refractivity contribution in [1.29, 1.82) is 0 Å². The third-order valence-corrected chi connectivity index (χ3v) is 7.05. The second-order valence-corrected chi connectivity index (χ2v) is 10.8. The Kier molecular flexibility index (Phi) is 16.4. The normalized spacial score (nSPS) is 13.4. The smallest absolute Gasteiger partial charge is 0.408 e. The van der Waals surface area contributed by atoms with Crippen molar-refractivity contribution in [3.63, 3.8) is 0 Å². The number of methoxy groups -OCH3 is 1. The molecule has 0 saturated carbocycles. The average Bonchev–Trinajstić information content (AvgIpc) is 2.65. The molecule has 0 aromatic heterocycles. The van der Waals surface area contributed by atoms with E-state index in [2.05, 4.69) is 18.8 Å². The van der Waals surface area contributed by atoms with Crippen LogP contribution in [0.2, 0.25) is 0 Å². The molecule has 0 aliphatic heterocycles. The number of rotatable bonds is 16. The van der Waals surface area contributed by atoms with Gasteiger partial charge in [0.2, 0.25) is 0 Å². The summed E-state index contributed by atoms with van der Waals surface area (Å²) in [5.41, 5.74) is -0.615. The van der Waals surface area contributed by atoms with Crippen molar-refractivity contribution in [2.75, 3.05) is 12.9 Å². The van der Waals surface area contributed by atoms with E-state index < -0.39 is 23.7 Å². The van der Waals surface area contributed by atoms with Crippen LogP contribution in [0.4, 0.5) is 4.79 Å². The lowest BCUT2D eigenvalue weighted by Crippen LogP contribution is -2.45. The van der Waals surface area contributed by atoms with Crippen molar-refractivity contribution in [3.05, 3.63) is 12.7 Å². The lowest BCUT2D eigenvalue weighted by atomic mass is 10.1. The van der Waals surface area contributed by atoms with Crippen LogP contribution in [0, 0.1) is 0 Å². The average molecular weight is 448 g/mol. The van der Waals surface area contributed by atoms with Gasteiger partial charge >= 0.3 is 12.1 Å². The van der Waals surface area contributed by atoms with E-state index in [0.717, 1.165) is 6.42 Å². The highest BCUT2D eigenvalue weighted by molar-refractivity contribution is 8.77. The molecule has 1 amide bonds. The Morgan fingerprint density at radius 2 is 1.66 bits per heavy atom. The SMILES string of the molecule is C=CC(CCCCCCCCCC)SSC[C@H](NC(=O)OC(C)(C)C)C(=O)OC. The second kappa shape index (κ2) is 16.9. The molecule has 2 atom stereocenters. The molecule has 1 unspecified atom stereocenters. The Morgan fingerprint density at radius 3 is 2.17 bits per heavy atom. The van der Waals surface area contributed by atoms with Crippen molar-refractivity contribution >= 4 is 33.7 Å². The number of carbonyl (C=O) groups is 2. The first-order chi connectivity index (χ1) is 13.7. The number of ether oxygens (including phenoxy) is 2. The molecule has 0 heterocycles. The summed E-state index contributed by atoms with van der Waals surface area (Å²) in [4.78, 5) is 23.9. The number of nitrogens with one attached hydrogen (secondary N) is 1. The highest BCUT2D eigenvalue weighted by atomic mass is 33.1. The van der Waals surface area contributed by atoms with Crippen LogP contribution in [0.1, 0.15) is 85.5 Å². The molecule has 0 aliphatic carbocycles. The molecule has 0 radical (unpaired) electrons. The van der Waals surface area contributed by atoms with Crippen molar-refractivity contribution in [2.24, 2.45) is 0 Å². The predicted octanol–water partition coefficient (Wildman–Crippen LogP) is 6.52. The highest BCUT2D eigenvalue weighted by Crippen LogP contribution is 2.31. The van der Waals surface area contributed by atoms with E-state index in [9.17, 15) is 9.59 Å². The quantitative estimate of drug-likeness (QED) is 0.126. The zero-order valence-electron chi connectivity index (χ0n) is 19.0. The molecular formula is C22H41NO4S2. The van der Waals surface area contributed by atoms with E-state index in [0.29, 0.717) is 11.0 Å². The van der Waals surface area contributed by atoms with Crippen molar-refractivity contribution in [1.82, 2.24) is 5.32 Å². The fourth-order valence-corrected chi connectivity index (χ4v) is 5.28. The molecule has 7 heteroatoms. The first-order valence-corrected chi connectivity index (χ1v) is 13.1. The fraction of sp³-hybridized carbons (Fsp3) is 0.818. The van der Waals surface area contributed by atoms with E-state index in [4.69, 9.17) is 9.47 Å². The minimum atomic E-state index is -0.735. The maximum Gasteiger partial charge on any atom is 0.408 e. The van der Waals surface area contributed by atoms with Crippen LogP contribution in [0.15, 0.2) is 12.7 Å². The van der Waals surface area contributed by atoms with Gasteiger partial charge in [0, 0.05) is 11.0 Å². The van der Waals surface area contributed by atoms with Gasteiger partial charge < -0.3 is 14.8 Å².